The minimum Gasteiger partial charge on any atom is -0.354 e. The van der Waals surface area contributed by atoms with Crippen LogP contribution in [0.5, 0.6) is 0 Å². The highest BCUT2D eigenvalue weighted by Gasteiger charge is 2.08. The number of hydrogen-bond donors (Lipinski definition) is 2. The van der Waals surface area contributed by atoms with Gasteiger partial charge in [0.15, 0.2) is 5.96 Å². The van der Waals surface area contributed by atoms with Gasteiger partial charge in [0.1, 0.15) is 5.82 Å². The van der Waals surface area contributed by atoms with E-state index in [0.29, 0.717) is 31.2 Å². The maximum absolute atomic E-state index is 13.0. The molecule has 0 aliphatic carbocycles. The zero-order valence-electron chi connectivity index (χ0n) is 15.4. The predicted octanol–water partition coefficient (Wildman–Crippen LogP) is 2.57. The van der Waals surface area contributed by atoms with Gasteiger partial charge in [0.05, 0.1) is 0 Å². The van der Waals surface area contributed by atoms with Gasteiger partial charge in [-0.25, -0.2) is 4.39 Å². The van der Waals surface area contributed by atoms with Gasteiger partial charge in [0, 0.05) is 39.3 Å². The summed E-state index contributed by atoms with van der Waals surface area (Å²) in [5, 5.41) is 6.09. The number of rotatable bonds is 6. The molecule has 1 amide bonds. The molecule has 2 aromatic carbocycles. The summed E-state index contributed by atoms with van der Waals surface area (Å²) in [4.78, 5) is 18.3. The molecule has 0 saturated heterocycles. The molecule has 0 fully saturated rings. The van der Waals surface area contributed by atoms with Crippen molar-refractivity contribution in [2.45, 2.75) is 13.5 Å². The molecular weight excluding hydrogens is 331 g/mol. The van der Waals surface area contributed by atoms with Gasteiger partial charge in [-0.05, 0) is 36.8 Å². The fourth-order valence-electron chi connectivity index (χ4n) is 2.56. The van der Waals surface area contributed by atoms with E-state index in [-0.39, 0.29) is 11.7 Å². The number of amides is 1. The van der Waals surface area contributed by atoms with Crippen molar-refractivity contribution < 1.29 is 9.18 Å². The van der Waals surface area contributed by atoms with Crippen molar-refractivity contribution in [3.05, 3.63) is 71.0 Å². The SMILES string of the molecule is CN=C(NCCNC(=O)c1cccc(C)c1)N(C)Cc1ccc(F)cc1. The lowest BCUT2D eigenvalue weighted by molar-refractivity contribution is 0.0954. The van der Waals surface area contributed by atoms with E-state index in [1.54, 1.807) is 25.2 Å². The normalized spacial score (nSPS) is 11.2. The second-order valence-corrected chi connectivity index (χ2v) is 6.08. The summed E-state index contributed by atoms with van der Waals surface area (Å²) in [7, 11) is 3.61. The quantitative estimate of drug-likeness (QED) is 0.475. The number of carbonyl (C=O) groups excluding carboxylic acids is 1. The first kappa shape index (κ1) is 19.4. The van der Waals surface area contributed by atoms with Crippen molar-refractivity contribution in [1.29, 1.82) is 0 Å². The Morgan fingerprint density at radius 2 is 1.81 bits per heavy atom. The summed E-state index contributed by atoms with van der Waals surface area (Å²) in [6, 6.07) is 13.9. The molecule has 0 unspecified atom stereocenters. The molecule has 0 radical (unpaired) electrons. The van der Waals surface area contributed by atoms with Crippen LogP contribution in [0, 0.1) is 12.7 Å². The predicted molar refractivity (Wildman–Crippen MR) is 103 cm³/mol. The van der Waals surface area contributed by atoms with Crippen molar-refractivity contribution in [3.8, 4) is 0 Å². The molecule has 26 heavy (non-hydrogen) atoms. The number of nitrogens with one attached hydrogen (secondary N) is 2. The summed E-state index contributed by atoms with van der Waals surface area (Å²) in [5.74, 6) is 0.368. The molecule has 0 aromatic heterocycles. The fraction of sp³-hybridized carbons (Fsp3) is 0.300. The minimum atomic E-state index is -0.247. The average molecular weight is 356 g/mol. The van der Waals surface area contributed by atoms with Crippen LogP contribution < -0.4 is 10.6 Å². The third-order valence-electron chi connectivity index (χ3n) is 3.88. The number of aryl methyl sites for hydroxylation is 1. The lowest BCUT2D eigenvalue weighted by Gasteiger charge is -2.22. The van der Waals surface area contributed by atoms with Crippen LogP contribution in [0.15, 0.2) is 53.5 Å². The van der Waals surface area contributed by atoms with Gasteiger partial charge < -0.3 is 15.5 Å². The van der Waals surface area contributed by atoms with Gasteiger partial charge in [-0.1, -0.05) is 29.8 Å². The monoisotopic (exact) mass is 356 g/mol. The van der Waals surface area contributed by atoms with Gasteiger partial charge in [0.2, 0.25) is 0 Å². The molecule has 0 aliphatic heterocycles. The van der Waals surface area contributed by atoms with Gasteiger partial charge >= 0.3 is 0 Å². The number of halogens is 1. The van der Waals surface area contributed by atoms with E-state index in [4.69, 9.17) is 0 Å². The second-order valence-electron chi connectivity index (χ2n) is 6.08. The lowest BCUT2D eigenvalue weighted by atomic mass is 10.1. The molecule has 0 bridgehead atoms. The average Bonchev–Trinajstić information content (AvgIpc) is 2.63. The summed E-state index contributed by atoms with van der Waals surface area (Å²) in [5.41, 5.74) is 2.70. The van der Waals surface area contributed by atoms with E-state index in [2.05, 4.69) is 15.6 Å². The molecule has 6 heteroatoms. The number of guanidine groups is 1. The zero-order chi connectivity index (χ0) is 18.9. The summed E-state index contributed by atoms with van der Waals surface area (Å²) in [6.07, 6.45) is 0. The molecule has 0 aliphatic rings. The maximum Gasteiger partial charge on any atom is 0.251 e. The van der Waals surface area contributed by atoms with Gasteiger partial charge in [-0.2, -0.15) is 0 Å². The van der Waals surface area contributed by atoms with Crippen molar-refractivity contribution in [3.63, 3.8) is 0 Å². The van der Waals surface area contributed by atoms with Gasteiger partial charge in [0.25, 0.3) is 5.91 Å². The molecule has 0 atom stereocenters. The number of nitrogens with zero attached hydrogens (tertiary/aromatic N) is 2. The standard InChI is InChI=1S/C20H25FN4O/c1-15-5-4-6-17(13-15)19(26)23-11-12-24-20(22-2)25(3)14-16-7-9-18(21)10-8-16/h4-10,13H,11-12,14H2,1-3H3,(H,22,24)(H,23,26). The van der Waals surface area contributed by atoms with E-state index in [1.165, 1.54) is 12.1 Å². The van der Waals surface area contributed by atoms with Crippen molar-refractivity contribution >= 4 is 11.9 Å². The van der Waals surface area contributed by atoms with E-state index < -0.39 is 0 Å². The summed E-state index contributed by atoms with van der Waals surface area (Å²) < 4.78 is 13.0. The smallest absolute Gasteiger partial charge is 0.251 e. The summed E-state index contributed by atoms with van der Waals surface area (Å²) in [6.45, 7) is 3.60. The topological polar surface area (TPSA) is 56.7 Å². The van der Waals surface area contributed by atoms with Crippen molar-refractivity contribution in [2.75, 3.05) is 27.2 Å². The number of hydrogen-bond acceptors (Lipinski definition) is 2. The van der Waals surface area contributed by atoms with Crippen LogP contribution in [-0.2, 0) is 6.54 Å². The fourth-order valence-corrected chi connectivity index (χ4v) is 2.56. The molecule has 0 saturated carbocycles. The highest BCUT2D eigenvalue weighted by atomic mass is 19.1. The Balaban J connectivity index is 1.77. The highest BCUT2D eigenvalue weighted by molar-refractivity contribution is 5.94. The minimum absolute atomic E-state index is 0.0924. The Bertz CT molecular complexity index is 759. The summed E-state index contributed by atoms with van der Waals surface area (Å²) >= 11 is 0. The molecule has 138 valence electrons. The molecule has 2 aromatic rings. The number of carbonyl (C=O) groups is 1. The third kappa shape index (κ3) is 5.88. The Morgan fingerprint density at radius 1 is 1.12 bits per heavy atom. The van der Waals surface area contributed by atoms with Crippen LogP contribution in [-0.4, -0.2) is 44.0 Å². The first-order valence-electron chi connectivity index (χ1n) is 8.50. The third-order valence-corrected chi connectivity index (χ3v) is 3.88. The van der Waals surface area contributed by atoms with Crippen LogP contribution in [0.25, 0.3) is 0 Å². The number of benzene rings is 2. The number of aliphatic imine (C=N–C) groups is 1. The Kier molecular flexibility index (Phi) is 7.14. The van der Waals surface area contributed by atoms with E-state index in [9.17, 15) is 9.18 Å². The van der Waals surface area contributed by atoms with Gasteiger partial charge in [-0.15, -0.1) is 0 Å². The first-order chi connectivity index (χ1) is 12.5. The van der Waals surface area contributed by atoms with Gasteiger partial charge in [-0.3, -0.25) is 9.79 Å². The van der Waals surface area contributed by atoms with Crippen LogP contribution in [0.1, 0.15) is 21.5 Å². The van der Waals surface area contributed by atoms with Crippen LogP contribution in [0.3, 0.4) is 0 Å². The van der Waals surface area contributed by atoms with Crippen molar-refractivity contribution in [2.24, 2.45) is 4.99 Å². The van der Waals surface area contributed by atoms with E-state index in [1.807, 2.05) is 37.1 Å². The van der Waals surface area contributed by atoms with Crippen molar-refractivity contribution in [1.82, 2.24) is 15.5 Å². The molecule has 2 rings (SSSR count). The van der Waals surface area contributed by atoms with E-state index in [0.717, 1.165) is 11.1 Å². The highest BCUT2D eigenvalue weighted by Crippen LogP contribution is 2.06. The van der Waals surface area contributed by atoms with E-state index >= 15 is 0 Å². The maximum atomic E-state index is 13.0. The molecule has 0 spiro atoms. The molecule has 0 heterocycles. The largest absolute Gasteiger partial charge is 0.354 e. The van der Waals surface area contributed by atoms with Crippen LogP contribution in [0.4, 0.5) is 4.39 Å². The lowest BCUT2D eigenvalue weighted by Crippen LogP contribution is -2.42. The molecule has 2 N–H and O–H groups in total. The Hall–Kier alpha value is -2.89. The second kappa shape index (κ2) is 9.56. The molecular formula is C20H25FN4O. The first-order valence-corrected chi connectivity index (χ1v) is 8.50. The van der Waals surface area contributed by atoms with Crippen LogP contribution >= 0.6 is 0 Å². The Labute approximate surface area is 153 Å². The van der Waals surface area contributed by atoms with Crippen LogP contribution in [0.2, 0.25) is 0 Å². The Morgan fingerprint density at radius 3 is 2.46 bits per heavy atom. The zero-order valence-corrected chi connectivity index (χ0v) is 15.4. The molecule has 5 nitrogen and oxygen atoms in total.